The number of allylic oxidation sites excluding steroid dienone is 3. The number of hydrogen-bond acceptors (Lipinski definition) is 2. The van der Waals surface area contributed by atoms with Crippen LogP contribution in [0.2, 0.25) is 0 Å². The molecule has 1 aliphatic rings. The molecule has 2 nitrogen and oxygen atoms in total. The van der Waals surface area contributed by atoms with Gasteiger partial charge in [0.05, 0.1) is 5.70 Å². The van der Waals surface area contributed by atoms with E-state index in [-0.39, 0.29) is 0 Å². The van der Waals surface area contributed by atoms with Crippen molar-refractivity contribution in [1.82, 2.24) is 0 Å². The first-order chi connectivity index (χ1) is 3.89. The van der Waals surface area contributed by atoms with Crippen LogP contribution in [-0.2, 0) is 0 Å². The summed E-state index contributed by atoms with van der Waals surface area (Å²) in [6, 6.07) is 0. The summed E-state index contributed by atoms with van der Waals surface area (Å²) >= 11 is 0. The molecule has 0 bridgehead atoms. The van der Waals surface area contributed by atoms with Gasteiger partial charge in [0.1, 0.15) is 0 Å². The van der Waals surface area contributed by atoms with Crippen LogP contribution >= 0.6 is 0 Å². The molecular weight excluding hydrogens is 100 g/mol. The Morgan fingerprint density at radius 2 is 2.50 bits per heavy atom. The Labute approximate surface area is 48.6 Å². The van der Waals surface area contributed by atoms with Crippen LogP contribution in [0.4, 0.5) is 0 Å². The van der Waals surface area contributed by atoms with Gasteiger partial charge in [0, 0.05) is 6.20 Å². The van der Waals surface area contributed by atoms with Crippen LogP contribution in [0.15, 0.2) is 34.3 Å². The summed E-state index contributed by atoms with van der Waals surface area (Å²) in [5, 5.41) is 7.55. The van der Waals surface area contributed by atoms with Gasteiger partial charge in [0.25, 0.3) is 0 Å². The minimum Gasteiger partial charge on any atom is -0.159 e. The van der Waals surface area contributed by atoms with Crippen LogP contribution in [0.25, 0.3) is 0 Å². The molecule has 0 aromatic carbocycles. The molecule has 0 amide bonds. The lowest BCUT2D eigenvalue weighted by molar-refractivity contribution is 1.13. The van der Waals surface area contributed by atoms with Gasteiger partial charge in [-0.2, -0.15) is 10.2 Å². The Bertz CT molecular complexity index is 151. The van der Waals surface area contributed by atoms with Crippen molar-refractivity contribution < 1.29 is 0 Å². The predicted octanol–water partition coefficient (Wildman–Crippen LogP) is 2.26. The highest BCUT2D eigenvalue weighted by Gasteiger charge is 1.83. The number of nitrogens with zero attached hydrogens (tertiary/aromatic N) is 2. The Hall–Kier alpha value is -0.920. The van der Waals surface area contributed by atoms with Gasteiger partial charge >= 0.3 is 0 Å². The smallest absolute Gasteiger partial charge is 0.0563 e. The van der Waals surface area contributed by atoms with E-state index in [1.807, 2.05) is 19.1 Å². The molecule has 2 heteroatoms. The fraction of sp³-hybridized carbons (Fsp3) is 0.333. The topological polar surface area (TPSA) is 24.7 Å². The fourth-order valence-electron chi connectivity index (χ4n) is 0.512. The van der Waals surface area contributed by atoms with Crippen molar-refractivity contribution in [2.24, 2.45) is 10.2 Å². The summed E-state index contributed by atoms with van der Waals surface area (Å²) in [5.41, 5.74) is 0.995. The van der Waals surface area contributed by atoms with Crippen molar-refractivity contribution in [2.75, 3.05) is 0 Å². The van der Waals surface area contributed by atoms with Crippen LogP contribution in [0, 0.1) is 0 Å². The fourth-order valence-corrected chi connectivity index (χ4v) is 0.512. The zero-order valence-electron chi connectivity index (χ0n) is 4.83. The van der Waals surface area contributed by atoms with E-state index in [4.69, 9.17) is 0 Å². The summed E-state index contributed by atoms with van der Waals surface area (Å²) in [6.07, 6.45) is 6.68. The van der Waals surface area contributed by atoms with Crippen LogP contribution < -0.4 is 0 Å². The normalized spacial score (nSPS) is 17.9. The van der Waals surface area contributed by atoms with E-state index in [9.17, 15) is 0 Å². The van der Waals surface area contributed by atoms with Gasteiger partial charge in [0.15, 0.2) is 0 Å². The lowest BCUT2D eigenvalue weighted by Crippen LogP contribution is -1.61. The van der Waals surface area contributed by atoms with E-state index < -0.39 is 0 Å². The Balaban J connectivity index is 2.69. The summed E-state index contributed by atoms with van der Waals surface area (Å²) in [7, 11) is 0. The van der Waals surface area contributed by atoms with E-state index in [2.05, 4.69) is 10.2 Å². The molecule has 0 saturated carbocycles. The van der Waals surface area contributed by atoms with Gasteiger partial charge in [-0.1, -0.05) is 12.2 Å². The molecule has 8 heavy (non-hydrogen) atoms. The first kappa shape index (κ1) is 5.22. The van der Waals surface area contributed by atoms with E-state index >= 15 is 0 Å². The number of hydrogen-bond donors (Lipinski definition) is 0. The molecule has 0 spiro atoms. The minimum atomic E-state index is 0.957. The molecule has 0 aliphatic carbocycles. The molecule has 0 unspecified atom stereocenters. The second kappa shape index (κ2) is 2.40. The second-order valence-electron chi connectivity index (χ2n) is 1.68. The quantitative estimate of drug-likeness (QED) is 0.454. The highest BCUT2D eigenvalue weighted by molar-refractivity contribution is 5.02. The van der Waals surface area contributed by atoms with E-state index in [0.717, 1.165) is 12.1 Å². The van der Waals surface area contributed by atoms with Crippen molar-refractivity contribution >= 4 is 0 Å². The average Bonchev–Trinajstić information content (AvgIpc) is 1.94. The molecule has 0 atom stereocenters. The first-order valence-corrected chi connectivity index (χ1v) is 2.62. The second-order valence-corrected chi connectivity index (χ2v) is 1.68. The molecule has 0 saturated heterocycles. The summed E-state index contributed by atoms with van der Waals surface area (Å²) in [5.74, 6) is 0. The van der Waals surface area contributed by atoms with Gasteiger partial charge in [-0.3, -0.25) is 0 Å². The molecular formula is C6H8N2. The molecule has 0 radical (unpaired) electrons. The van der Waals surface area contributed by atoms with Gasteiger partial charge < -0.3 is 0 Å². The highest BCUT2D eigenvalue weighted by Crippen LogP contribution is 2.02. The van der Waals surface area contributed by atoms with Gasteiger partial charge in [-0.05, 0) is 13.3 Å². The monoisotopic (exact) mass is 108 g/mol. The molecule has 1 rings (SSSR count). The first-order valence-electron chi connectivity index (χ1n) is 2.62. The summed E-state index contributed by atoms with van der Waals surface area (Å²) in [6.45, 7) is 1.94. The summed E-state index contributed by atoms with van der Waals surface area (Å²) in [4.78, 5) is 0. The third-order valence-corrected chi connectivity index (χ3v) is 0.937. The maximum atomic E-state index is 3.82. The SMILES string of the molecule is CC1=CCC=CN=N1. The number of rotatable bonds is 0. The van der Waals surface area contributed by atoms with Crippen molar-refractivity contribution in [2.45, 2.75) is 13.3 Å². The maximum Gasteiger partial charge on any atom is 0.0563 e. The van der Waals surface area contributed by atoms with Crippen molar-refractivity contribution in [3.8, 4) is 0 Å². The third kappa shape index (κ3) is 1.30. The minimum absolute atomic E-state index is 0.957. The lowest BCUT2D eigenvalue weighted by atomic mass is 10.3. The van der Waals surface area contributed by atoms with Gasteiger partial charge in [0.2, 0.25) is 0 Å². The molecule has 0 aromatic heterocycles. The number of azo groups is 1. The largest absolute Gasteiger partial charge is 0.159 e. The van der Waals surface area contributed by atoms with Crippen LogP contribution in [0.5, 0.6) is 0 Å². The van der Waals surface area contributed by atoms with E-state index in [0.29, 0.717) is 0 Å². The van der Waals surface area contributed by atoms with E-state index in [1.54, 1.807) is 6.20 Å². The molecule has 1 heterocycles. The summed E-state index contributed by atoms with van der Waals surface area (Å²) < 4.78 is 0. The lowest BCUT2D eigenvalue weighted by Gasteiger charge is -1.80. The third-order valence-electron chi connectivity index (χ3n) is 0.937. The predicted molar refractivity (Wildman–Crippen MR) is 32.4 cm³/mol. The molecule has 0 N–H and O–H groups in total. The highest BCUT2D eigenvalue weighted by atomic mass is 15.1. The van der Waals surface area contributed by atoms with Crippen LogP contribution in [0.3, 0.4) is 0 Å². The zero-order valence-corrected chi connectivity index (χ0v) is 4.83. The molecule has 42 valence electrons. The van der Waals surface area contributed by atoms with Crippen molar-refractivity contribution in [3.05, 3.63) is 24.0 Å². The molecule has 0 fully saturated rings. The van der Waals surface area contributed by atoms with Crippen molar-refractivity contribution in [3.63, 3.8) is 0 Å². The standard InChI is InChI=1S/C6H8N2/c1-6-4-2-3-5-7-8-6/h3-5H,2H2,1H3. The zero-order chi connectivity index (χ0) is 5.82. The Morgan fingerprint density at radius 1 is 1.62 bits per heavy atom. The maximum absolute atomic E-state index is 3.82. The van der Waals surface area contributed by atoms with Gasteiger partial charge in [-0.25, -0.2) is 0 Å². The molecule has 0 aromatic rings. The molecule has 1 aliphatic heterocycles. The Kier molecular flexibility index (Phi) is 1.57. The van der Waals surface area contributed by atoms with Crippen LogP contribution in [0.1, 0.15) is 13.3 Å². The van der Waals surface area contributed by atoms with Crippen molar-refractivity contribution in [1.29, 1.82) is 0 Å². The average molecular weight is 108 g/mol. The van der Waals surface area contributed by atoms with Crippen LogP contribution in [-0.4, -0.2) is 0 Å². The Morgan fingerprint density at radius 3 is 3.38 bits per heavy atom. The van der Waals surface area contributed by atoms with E-state index in [1.165, 1.54) is 0 Å². The van der Waals surface area contributed by atoms with Gasteiger partial charge in [-0.15, -0.1) is 0 Å².